The van der Waals surface area contributed by atoms with Gasteiger partial charge in [0.2, 0.25) is 0 Å². The van der Waals surface area contributed by atoms with Gasteiger partial charge in [-0.05, 0) is 61.4 Å². The molecule has 0 saturated carbocycles. The molecular weight excluding hydrogens is 378 g/mol. The highest BCUT2D eigenvalue weighted by Gasteiger charge is 2.21. The Morgan fingerprint density at radius 1 is 1.07 bits per heavy atom. The fourth-order valence-electron chi connectivity index (χ4n) is 2.86. The van der Waals surface area contributed by atoms with Crippen molar-refractivity contribution >= 4 is 17.5 Å². The second-order valence-electron chi connectivity index (χ2n) is 6.73. The summed E-state index contributed by atoms with van der Waals surface area (Å²) in [5, 5.41) is 2.73. The zero-order valence-electron chi connectivity index (χ0n) is 16.2. The van der Waals surface area contributed by atoms with Gasteiger partial charge in [0.1, 0.15) is 0 Å². The smallest absolute Gasteiger partial charge is 0.291 e. The van der Waals surface area contributed by atoms with E-state index in [1.54, 1.807) is 45.2 Å². The van der Waals surface area contributed by atoms with Gasteiger partial charge >= 0.3 is 0 Å². The maximum Gasteiger partial charge on any atom is 0.291 e. The summed E-state index contributed by atoms with van der Waals surface area (Å²) in [5.41, 5.74) is 2.07. The number of amides is 2. The maximum absolute atomic E-state index is 13.5. The van der Waals surface area contributed by atoms with E-state index in [2.05, 4.69) is 5.32 Å². The third-order valence-electron chi connectivity index (χ3n) is 4.81. The normalized spacial score (nSPS) is 11.8. The Morgan fingerprint density at radius 3 is 2.48 bits per heavy atom. The lowest BCUT2D eigenvalue weighted by Crippen LogP contribution is -2.30. The molecule has 0 bridgehead atoms. The zero-order valence-corrected chi connectivity index (χ0v) is 16.2. The first-order valence-electron chi connectivity index (χ1n) is 8.95. The lowest BCUT2D eigenvalue weighted by Gasteiger charge is -2.26. The Labute approximate surface area is 166 Å². The van der Waals surface area contributed by atoms with Gasteiger partial charge in [-0.3, -0.25) is 9.59 Å². The SMILES string of the molecule is Cc1ccc(C(=O)N(C)C(C)c2ccc(F)c(F)c2)cc1NC(=O)c1ccco1. The van der Waals surface area contributed by atoms with Gasteiger partial charge in [0, 0.05) is 18.3 Å². The molecule has 7 heteroatoms. The third-order valence-corrected chi connectivity index (χ3v) is 4.81. The van der Waals surface area contributed by atoms with Crippen LogP contribution in [0, 0.1) is 18.6 Å². The molecule has 5 nitrogen and oxygen atoms in total. The monoisotopic (exact) mass is 398 g/mol. The molecule has 1 unspecified atom stereocenters. The molecule has 1 atom stereocenters. The highest BCUT2D eigenvalue weighted by atomic mass is 19.2. The van der Waals surface area contributed by atoms with Crippen LogP contribution in [-0.4, -0.2) is 23.8 Å². The molecule has 1 heterocycles. The molecule has 0 fully saturated rings. The van der Waals surface area contributed by atoms with Crippen LogP contribution in [0.4, 0.5) is 14.5 Å². The summed E-state index contributed by atoms with van der Waals surface area (Å²) in [7, 11) is 1.58. The molecule has 29 heavy (non-hydrogen) atoms. The van der Waals surface area contributed by atoms with Crippen LogP contribution in [-0.2, 0) is 0 Å². The van der Waals surface area contributed by atoms with Crippen molar-refractivity contribution in [3.63, 3.8) is 0 Å². The summed E-state index contributed by atoms with van der Waals surface area (Å²) < 4.78 is 31.8. The highest BCUT2D eigenvalue weighted by Crippen LogP contribution is 2.24. The molecular formula is C22H20F2N2O3. The molecule has 0 spiro atoms. The molecule has 0 aliphatic rings. The fourth-order valence-corrected chi connectivity index (χ4v) is 2.86. The van der Waals surface area contributed by atoms with Gasteiger partial charge in [0.15, 0.2) is 17.4 Å². The van der Waals surface area contributed by atoms with E-state index < -0.39 is 23.6 Å². The maximum atomic E-state index is 13.5. The molecule has 0 saturated heterocycles. The number of furan rings is 1. The van der Waals surface area contributed by atoms with E-state index in [9.17, 15) is 18.4 Å². The first kappa shape index (κ1) is 20.3. The average molecular weight is 398 g/mol. The number of hydrogen-bond acceptors (Lipinski definition) is 3. The number of hydrogen-bond donors (Lipinski definition) is 1. The van der Waals surface area contributed by atoms with Crippen LogP contribution >= 0.6 is 0 Å². The van der Waals surface area contributed by atoms with Crippen LogP contribution in [0.3, 0.4) is 0 Å². The van der Waals surface area contributed by atoms with Crippen LogP contribution < -0.4 is 5.32 Å². The van der Waals surface area contributed by atoms with Gasteiger partial charge < -0.3 is 14.6 Å². The molecule has 1 N–H and O–H groups in total. The lowest BCUT2D eigenvalue weighted by molar-refractivity contribution is 0.0742. The number of rotatable bonds is 5. The quantitative estimate of drug-likeness (QED) is 0.661. The van der Waals surface area contributed by atoms with Crippen molar-refractivity contribution in [1.82, 2.24) is 4.90 Å². The van der Waals surface area contributed by atoms with E-state index in [-0.39, 0.29) is 11.7 Å². The molecule has 2 amide bonds. The molecule has 2 aromatic carbocycles. The van der Waals surface area contributed by atoms with Gasteiger partial charge in [-0.25, -0.2) is 8.78 Å². The van der Waals surface area contributed by atoms with Gasteiger partial charge in [0.05, 0.1) is 12.3 Å². The van der Waals surface area contributed by atoms with Gasteiger partial charge in [-0.15, -0.1) is 0 Å². The number of nitrogens with one attached hydrogen (secondary N) is 1. The summed E-state index contributed by atoms with van der Waals surface area (Å²) in [6, 6.07) is 11.2. The molecule has 0 aliphatic heterocycles. The predicted molar refractivity (Wildman–Crippen MR) is 105 cm³/mol. The summed E-state index contributed by atoms with van der Waals surface area (Å²) in [4.78, 5) is 26.6. The minimum absolute atomic E-state index is 0.158. The number of nitrogens with zero attached hydrogens (tertiary/aromatic N) is 1. The molecule has 1 aromatic heterocycles. The zero-order chi connectivity index (χ0) is 21.1. The Hall–Kier alpha value is -3.48. The van der Waals surface area contributed by atoms with Crippen LogP contribution in [0.15, 0.2) is 59.2 Å². The van der Waals surface area contributed by atoms with Crippen molar-refractivity contribution in [3.05, 3.63) is 88.9 Å². The Morgan fingerprint density at radius 2 is 1.83 bits per heavy atom. The van der Waals surface area contributed by atoms with E-state index in [0.29, 0.717) is 16.8 Å². The van der Waals surface area contributed by atoms with Gasteiger partial charge in [-0.2, -0.15) is 0 Å². The Kier molecular flexibility index (Phi) is 5.77. The van der Waals surface area contributed by atoms with Crippen molar-refractivity contribution in [1.29, 1.82) is 0 Å². The van der Waals surface area contributed by atoms with Crippen LogP contribution in [0.25, 0.3) is 0 Å². The highest BCUT2D eigenvalue weighted by molar-refractivity contribution is 6.04. The van der Waals surface area contributed by atoms with Crippen molar-refractivity contribution in [2.45, 2.75) is 19.9 Å². The summed E-state index contributed by atoms with van der Waals surface area (Å²) in [6.45, 7) is 3.53. The average Bonchev–Trinajstić information content (AvgIpc) is 3.25. The first-order valence-corrected chi connectivity index (χ1v) is 8.95. The predicted octanol–water partition coefficient (Wildman–Crippen LogP) is 4.95. The molecule has 150 valence electrons. The van der Waals surface area contributed by atoms with Gasteiger partial charge in [-0.1, -0.05) is 12.1 Å². The van der Waals surface area contributed by atoms with E-state index in [4.69, 9.17) is 4.42 Å². The van der Waals surface area contributed by atoms with E-state index in [0.717, 1.165) is 17.7 Å². The van der Waals surface area contributed by atoms with Crippen LogP contribution in [0.5, 0.6) is 0 Å². The number of aryl methyl sites for hydroxylation is 1. The number of anilines is 1. The van der Waals surface area contributed by atoms with E-state index in [1.807, 2.05) is 0 Å². The number of halogens is 2. The second-order valence-corrected chi connectivity index (χ2v) is 6.73. The molecule has 0 radical (unpaired) electrons. The van der Waals surface area contributed by atoms with Crippen molar-refractivity contribution < 1.29 is 22.8 Å². The Bertz CT molecular complexity index is 1050. The van der Waals surface area contributed by atoms with Crippen LogP contribution in [0.2, 0.25) is 0 Å². The Balaban J connectivity index is 1.81. The summed E-state index contributed by atoms with van der Waals surface area (Å²) >= 11 is 0. The summed E-state index contributed by atoms with van der Waals surface area (Å²) in [6.07, 6.45) is 1.40. The van der Waals surface area contributed by atoms with E-state index >= 15 is 0 Å². The standard InChI is InChI=1S/C22H20F2N2O3/c1-13-6-7-16(12-19(13)25-21(27)20-5-4-10-29-20)22(28)26(3)14(2)15-8-9-17(23)18(24)11-15/h4-12,14H,1-3H3,(H,25,27). The first-order chi connectivity index (χ1) is 13.8. The number of benzene rings is 2. The van der Waals surface area contributed by atoms with Crippen molar-refractivity contribution in [2.24, 2.45) is 0 Å². The van der Waals surface area contributed by atoms with Crippen molar-refractivity contribution in [2.75, 3.05) is 12.4 Å². The fraction of sp³-hybridized carbons (Fsp3) is 0.182. The van der Waals surface area contributed by atoms with Gasteiger partial charge in [0.25, 0.3) is 11.8 Å². The van der Waals surface area contributed by atoms with Crippen molar-refractivity contribution in [3.8, 4) is 0 Å². The van der Waals surface area contributed by atoms with Crippen LogP contribution in [0.1, 0.15) is 45.0 Å². The van der Waals surface area contributed by atoms with E-state index in [1.165, 1.54) is 23.3 Å². The largest absolute Gasteiger partial charge is 0.459 e. The number of carbonyl (C=O) groups excluding carboxylic acids is 2. The minimum Gasteiger partial charge on any atom is -0.459 e. The lowest BCUT2D eigenvalue weighted by atomic mass is 10.0. The molecule has 3 aromatic rings. The summed E-state index contributed by atoms with van der Waals surface area (Å²) in [5.74, 6) is -2.49. The third kappa shape index (κ3) is 4.34. The minimum atomic E-state index is -0.964. The molecule has 3 rings (SSSR count). The topological polar surface area (TPSA) is 62.6 Å². The second kappa shape index (κ2) is 8.26. The number of carbonyl (C=O) groups is 2. The molecule has 0 aliphatic carbocycles.